The molecule has 0 aromatic heterocycles. The summed E-state index contributed by atoms with van der Waals surface area (Å²) in [5.41, 5.74) is 2.29. The van der Waals surface area contributed by atoms with E-state index in [0.717, 1.165) is 12.1 Å². The van der Waals surface area contributed by atoms with Crippen LogP contribution in [0.3, 0.4) is 0 Å². The van der Waals surface area contributed by atoms with Gasteiger partial charge in [-0.15, -0.1) is 0 Å². The van der Waals surface area contributed by atoms with E-state index in [1.54, 1.807) is 7.11 Å². The molecular weight excluding hydrogens is 258 g/mol. The standard InChI is InChI=1S/C16H18ClNO/c1-3-15(12-7-5-4-6-8-12)18-13-9-10-14(17)16(11-13)19-2/h4-11,15,18H,3H2,1-2H3. The van der Waals surface area contributed by atoms with Gasteiger partial charge in [0.15, 0.2) is 0 Å². The van der Waals surface area contributed by atoms with E-state index in [2.05, 4.69) is 36.5 Å². The quantitative estimate of drug-likeness (QED) is 0.837. The van der Waals surface area contributed by atoms with E-state index in [-0.39, 0.29) is 6.04 Å². The van der Waals surface area contributed by atoms with Crippen molar-refractivity contribution in [3.63, 3.8) is 0 Å². The lowest BCUT2D eigenvalue weighted by atomic mass is 10.0. The summed E-state index contributed by atoms with van der Waals surface area (Å²) in [5, 5.41) is 4.13. The number of halogens is 1. The van der Waals surface area contributed by atoms with Crippen molar-refractivity contribution < 1.29 is 4.74 Å². The Kier molecular flexibility index (Phi) is 4.69. The molecule has 0 heterocycles. The molecule has 0 saturated heterocycles. The molecule has 2 nitrogen and oxygen atoms in total. The lowest BCUT2D eigenvalue weighted by Crippen LogP contribution is -2.09. The minimum absolute atomic E-state index is 0.284. The molecule has 0 aliphatic rings. The van der Waals surface area contributed by atoms with Gasteiger partial charge in [0.1, 0.15) is 5.75 Å². The molecule has 0 fully saturated rings. The molecular formula is C16H18ClNO. The zero-order chi connectivity index (χ0) is 13.7. The summed E-state index contributed by atoms with van der Waals surface area (Å²) in [6.45, 7) is 2.16. The predicted octanol–water partition coefficient (Wildman–Crippen LogP) is 4.91. The lowest BCUT2D eigenvalue weighted by molar-refractivity contribution is 0.415. The molecule has 1 atom stereocenters. The molecule has 2 aromatic rings. The van der Waals surface area contributed by atoms with Crippen molar-refractivity contribution in [2.24, 2.45) is 0 Å². The minimum atomic E-state index is 0.284. The molecule has 2 rings (SSSR count). The highest BCUT2D eigenvalue weighted by Crippen LogP contribution is 2.30. The Labute approximate surface area is 119 Å². The average Bonchev–Trinajstić information content (AvgIpc) is 2.47. The van der Waals surface area contributed by atoms with E-state index in [1.807, 2.05) is 24.3 Å². The van der Waals surface area contributed by atoms with Crippen molar-refractivity contribution in [3.8, 4) is 5.75 Å². The predicted molar refractivity (Wildman–Crippen MR) is 81.1 cm³/mol. The Morgan fingerprint density at radius 2 is 1.89 bits per heavy atom. The van der Waals surface area contributed by atoms with Crippen LogP contribution in [0.1, 0.15) is 24.9 Å². The summed E-state index contributed by atoms with van der Waals surface area (Å²) in [6, 6.07) is 16.4. The summed E-state index contributed by atoms with van der Waals surface area (Å²) in [5.74, 6) is 0.689. The van der Waals surface area contributed by atoms with E-state index in [9.17, 15) is 0 Å². The Hall–Kier alpha value is -1.67. The summed E-state index contributed by atoms with van der Waals surface area (Å²) in [4.78, 5) is 0. The van der Waals surface area contributed by atoms with Gasteiger partial charge in [-0.25, -0.2) is 0 Å². The monoisotopic (exact) mass is 275 g/mol. The van der Waals surface area contributed by atoms with E-state index in [4.69, 9.17) is 16.3 Å². The highest BCUT2D eigenvalue weighted by atomic mass is 35.5. The molecule has 0 amide bonds. The Morgan fingerprint density at radius 1 is 1.16 bits per heavy atom. The van der Waals surface area contributed by atoms with Gasteiger partial charge >= 0.3 is 0 Å². The Morgan fingerprint density at radius 3 is 2.53 bits per heavy atom. The molecule has 1 N–H and O–H groups in total. The summed E-state index contributed by atoms with van der Waals surface area (Å²) in [6.07, 6.45) is 1.01. The number of methoxy groups -OCH3 is 1. The van der Waals surface area contributed by atoms with Crippen LogP contribution in [0.25, 0.3) is 0 Å². The van der Waals surface area contributed by atoms with E-state index in [1.165, 1.54) is 5.56 Å². The number of anilines is 1. The third kappa shape index (κ3) is 3.42. The second-order valence-electron chi connectivity index (χ2n) is 4.37. The van der Waals surface area contributed by atoms with E-state index >= 15 is 0 Å². The SMILES string of the molecule is CCC(Nc1ccc(Cl)c(OC)c1)c1ccccc1. The molecule has 0 spiro atoms. The Bertz CT molecular complexity index is 528. The fourth-order valence-electron chi connectivity index (χ4n) is 2.06. The van der Waals surface area contributed by atoms with Crippen LogP contribution in [0.5, 0.6) is 5.75 Å². The maximum Gasteiger partial charge on any atom is 0.139 e. The molecule has 19 heavy (non-hydrogen) atoms. The highest BCUT2D eigenvalue weighted by Gasteiger charge is 2.09. The molecule has 0 bridgehead atoms. The minimum Gasteiger partial charge on any atom is -0.495 e. The maximum absolute atomic E-state index is 6.03. The second kappa shape index (κ2) is 6.48. The molecule has 1 unspecified atom stereocenters. The first kappa shape index (κ1) is 13.8. The molecule has 0 radical (unpaired) electrons. The first-order valence-electron chi connectivity index (χ1n) is 6.39. The van der Waals surface area contributed by atoms with Crippen molar-refractivity contribution in [3.05, 3.63) is 59.1 Å². The number of nitrogens with one attached hydrogen (secondary N) is 1. The van der Waals surface area contributed by atoms with Crippen molar-refractivity contribution in [1.29, 1.82) is 0 Å². The average molecular weight is 276 g/mol. The van der Waals surface area contributed by atoms with Gasteiger partial charge in [0.05, 0.1) is 18.2 Å². The topological polar surface area (TPSA) is 21.3 Å². The number of ether oxygens (including phenoxy) is 1. The molecule has 100 valence electrons. The van der Waals surface area contributed by atoms with Crippen LogP contribution in [0.2, 0.25) is 5.02 Å². The summed E-state index contributed by atoms with van der Waals surface area (Å²) < 4.78 is 5.23. The van der Waals surface area contributed by atoms with Crippen molar-refractivity contribution in [2.45, 2.75) is 19.4 Å². The largest absolute Gasteiger partial charge is 0.495 e. The van der Waals surface area contributed by atoms with Gasteiger partial charge in [-0.2, -0.15) is 0 Å². The molecule has 2 aromatic carbocycles. The van der Waals surface area contributed by atoms with Gasteiger partial charge in [-0.1, -0.05) is 48.9 Å². The number of benzene rings is 2. The van der Waals surface area contributed by atoms with Crippen LogP contribution >= 0.6 is 11.6 Å². The van der Waals surface area contributed by atoms with Gasteiger partial charge in [-0.05, 0) is 24.1 Å². The fraction of sp³-hybridized carbons (Fsp3) is 0.250. The normalized spacial score (nSPS) is 11.9. The fourth-order valence-corrected chi connectivity index (χ4v) is 2.25. The molecule has 3 heteroatoms. The van der Waals surface area contributed by atoms with Crippen molar-refractivity contribution >= 4 is 17.3 Å². The third-order valence-corrected chi connectivity index (χ3v) is 3.41. The van der Waals surface area contributed by atoms with Crippen LogP contribution in [-0.4, -0.2) is 7.11 Å². The first-order chi connectivity index (χ1) is 9.24. The van der Waals surface area contributed by atoms with Gasteiger partial charge in [-0.3, -0.25) is 0 Å². The van der Waals surface area contributed by atoms with Crippen LogP contribution in [0.4, 0.5) is 5.69 Å². The van der Waals surface area contributed by atoms with Crippen LogP contribution in [0.15, 0.2) is 48.5 Å². The van der Waals surface area contributed by atoms with E-state index in [0.29, 0.717) is 10.8 Å². The number of hydrogen-bond donors (Lipinski definition) is 1. The van der Waals surface area contributed by atoms with Crippen LogP contribution in [0, 0.1) is 0 Å². The van der Waals surface area contributed by atoms with E-state index < -0.39 is 0 Å². The smallest absolute Gasteiger partial charge is 0.139 e. The zero-order valence-corrected chi connectivity index (χ0v) is 11.9. The number of rotatable bonds is 5. The zero-order valence-electron chi connectivity index (χ0n) is 11.2. The molecule has 0 saturated carbocycles. The van der Waals surface area contributed by atoms with Gasteiger partial charge < -0.3 is 10.1 Å². The third-order valence-electron chi connectivity index (χ3n) is 3.10. The number of hydrogen-bond acceptors (Lipinski definition) is 2. The van der Waals surface area contributed by atoms with Gasteiger partial charge in [0.25, 0.3) is 0 Å². The maximum atomic E-state index is 6.03. The summed E-state index contributed by atoms with van der Waals surface area (Å²) in [7, 11) is 1.62. The molecule has 0 aliphatic carbocycles. The van der Waals surface area contributed by atoms with Crippen molar-refractivity contribution in [2.75, 3.05) is 12.4 Å². The van der Waals surface area contributed by atoms with Crippen LogP contribution < -0.4 is 10.1 Å². The summed E-state index contributed by atoms with van der Waals surface area (Å²) >= 11 is 6.03. The van der Waals surface area contributed by atoms with Crippen LogP contribution in [-0.2, 0) is 0 Å². The molecule has 0 aliphatic heterocycles. The van der Waals surface area contributed by atoms with Gasteiger partial charge in [0, 0.05) is 11.8 Å². The lowest BCUT2D eigenvalue weighted by Gasteiger charge is -2.19. The highest BCUT2D eigenvalue weighted by molar-refractivity contribution is 6.32. The first-order valence-corrected chi connectivity index (χ1v) is 6.77. The van der Waals surface area contributed by atoms with Gasteiger partial charge in [0.2, 0.25) is 0 Å². The second-order valence-corrected chi connectivity index (χ2v) is 4.77. The van der Waals surface area contributed by atoms with Crippen molar-refractivity contribution in [1.82, 2.24) is 0 Å². The Balaban J connectivity index is 2.19.